The standard InChI is InChI=1S/C22H47N.C5H10O2/c1-5-7-9-11-13-15-17-19-21(3)23-22(4)20-18-16-14-12-10-8-6-2;1-5(2,3)4(6)7/h21-23H,5-20H2,1-4H3;1-3H3,(H,6,7). The molecule has 0 aromatic carbocycles. The highest BCUT2D eigenvalue weighted by molar-refractivity contribution is 5.72. The Balaban J connectivity index is 0. The summed E-state index contributed by atoms with van der Waals surface area (Å²) in [6, 6.07) is 1.40. The van der Waals surface area contributed by atoms with E-state index in [9.17, 15) is 4.79 Å². The van der Waals surface area contributed by atoms with Crippen LogP contribution in [0, 0.1) is 5.41 Å². The summed E-state index contributed by atoms with van der Waals surface area (Å²) in [6.07, 6.45) is 22.6. The van der Waals surface area contributed by atoms with Crippen molar-refractivity contribution in [3.8, 4) is 0 Å². The molecular formula is C27H57NO2. The first-order valence-electron chi connectivity index (χ1n) is 13.1. The third-order valence-corrected chi connectivity index (χ3v) is 5.69. The molecule has 2 atom stereocenters. The van der Waals surface area contributed by atoms with Gasteiger partial charge in [-0.05, 0) is 47.5 Å². The second-order valence-corrected chi connectivity index (χ2v) is 10.3. The Labute approximate surface area is 190 Å². The second kappa shape index (κ2) is 21.7. The Bertz CT molecular complexity index is 340. The lowest BCUT2D eigenvalue weighted by molar-refractivity contribution is -0.145. The first-order valence-corrected chi connectivity index (χ1v) is 13.1. The number of carboxylic acids is 1. The van der Waals surface area contributed by atoms with Crippen molar-refractivity contribution < 1.29 is 9.90 Å². The highest BCUT2D eigenvalue weighted by Gasteiger charge is 2.18. The molecule has 2 N–H and O–H groups in total. The molecule has 182 valence electrons. The Hall–Kier alpha value is -0.570. The van der Waals surface area contributed by atoms with Crippen LogP contribution in [0.25, 0.3) is 0 Å². The molecule has 0 aliphatic rings. The minimum Gasteiger partial charge on any atom is -0.481 e. The van der Waals surface area contributed by atoms with Gasteiger partial charge in [-0.25, -0.2) is 0 Å². The zero-order valence-electron chi connectivity index (χ0n) is 21.8. The molecule has 0 rings (SSSR count). The number of carbonyl (C=O) groups is 1. The van der Waals surface area contributed by atoms with Gasteiger partial charge in [0.1, 0.15) is 0 Å². The fourth-order valence-corrected chi connectivity index (χ4v) is 3.47. The molecule has 3 nitrogen and oxygen atoms in total. The second-order valence-electron chi connectivity index (χ2n) is 10.3. The van der Waals surface area contributed by atoms with E-state index >= 15 is 0 Å². The van der Waals surface area contributed by atoms with Crippen molar-refractivity contribution in [2.45, 2.75) is 163 Å². The van der Waals surface area contributed by atoms with E-state index in [0.29, 0.717) is 12.1 Å². The molecular weight excluding hydrogens is 370 g/mol. The minimum atomic E-state index is -0.757. The maximum absolute atomic E-state index is 10.0. The number of aliphatic carboxylic acids is 1. The zero-order valence-corrected chi connectivity index (χ0v) is 21.8. The van der Waals surface area contributed by atoms with E-state index in [4.69, 9.17) is 5.11 Å². The maximum Gasteiger partial charge on any atom is 0.308 e. The van der Waals surface area contributed by atoms with E-state index in [1.165, 1.54) is 103 Å². The van der Waals surface area contributed by atoms with E-state index in [2.05, 4.69) is 33.0 Å². The van der Waals surface area contributed by atoms with Crippen LogP contribution in [0.1, 0.15) is 151 Å². The molecule has 0 aliphatic carbocycles. The minimum absolute atomic E-state index is 0.583. The molecule has 0 bridgehead atoms. The topological polar surface area (TPSA) is 49.3 Å². The summed E-state index contributed by atoms with van der Waals surface area (Å²) in [5.74, 6) is -0.757. The van der Waals surface area contributed by atoms with Crippen molar-refractivity contribution in [1.82, 2.24) is 5.32 Å². The number of unbranched alkanes of at least 4 members (excludes halogenated alkanes) is 12. The van der Waals surface area contributed by atoms with Gasteiger partial charge in [0.25, 0.3) is 0 Å². The van der Waals surface area contributed by atoms with Crippen LogP contribution in [0.4, 0.5) is 0 Å². The van der Waals surface area contributed by atoms with Crippen molar-refractivity contribution in [1.29, 1.82) is 0 Å². The smallest absolute Gasteiger partial charge is 0.308 e. The molecule has 0 fully saturated rings. The van der Waals surface area contributed by atoms with Crippen LogP contribution in [0.5, 0.6) is 0 Å². The summed E-state index contributed by atoms with van der Waals surface area (Å²) in [7, 11) is 0. The highest BCUT2D eigenvalue weighted by Crippen LogP contribution is 2.13. The van der Waals surface area contributed by atoms with Crippen LogP contribution < -0.4 is 5.32 Å². The van der Waals surface area contributed by atoms with Crippen LogP contribution in [-0.2, 0) is 4.79 Å². The quantitative estimate of drug-likeness (QED) is 0.215. The van der Waals surface area contributed by atoms with Gasteiger partial charge in [0.05, 0.1) is 5.41 Å². The number of nitrogens with one attached hydrogen (secondary N) is 1. The lowest BCUT2D eigenvalue weighted by Crippen LogP contribution is -2.34. The lowest BCUT2D eigenvalue weighted by atomic mass is 9.98. The van der Waals surface area contributed by atoms with Crippen LogP contribution in [0.3, 0.4) is 0 Å². The first kappa shape index (κ1) is 31.6. The van der Waals surface area contributed by atoms with E-state index in [0.717, 1.165) is 0 Å². The SMILES string of the molecule is CC(C)(C)C(=O)O.CCCCCCCCCC(C)NC(C)CCCCCCCCC. The summed E-state index contributed by atoms with van der Waals surface area (Å²) in [4.78, 5) is 10.0. The Kier molecular flexibility index (Phi) is 22.8. The Morgan fingerprint density at radius 2 is 0.933 bits per heavy atom. The normalized spacial score (nSPS) is 13.4. The van der Waals surface area contributed by atoms with Crippen molar-refractivity contribution in [3.63, 3.8) is 0 Å². The molecule has 0 aliphatic heterocycles. The van der Waals surface area contributed by atoms with Crippen LogP contribution >= 0.6 is 0 Å². The number of rotatable bonds is 18. The number of hydrogen-bond donors (Lipinski definition) is 2. The van der Waals surface area contributed by atoms with Gasteiger partial charge in [0.2, 0.25) is 0 Å². The monoisotopic (exact) mass is 427 g/mol. The Morgan fingerprint density at radius 1 is 0.667 bits per heavy atom. The molecule has 0 amide bonds. The molecule has 0 spiro atoms. The third-order valence-electron chi connectivity index (χ3n) is 5.69. The van der Waals surface area contributed by atoms with Gasteiger partial charge in [-0.2, -0.15) is 0 Å². The predicted molar refractivity (Wildman–Crippen MR) is 134 cm³/mol. The predicted octanol–water partition coefficient (Wildman–Crippen LogP) is 8.75. The van der Waals surface area contributed by atoms with Gasteiger partial charge >= 0.3 is 5.97 Å². The summed E-state index contributed by atoms with van der Waals surface area (Å²) in [5, 5.41) is 12.1. The summed E-state index contributed by atoms with van der Waals surface area (Å²) in [6.45, 7) is 14.3. The van der Waals surface area contributed by atoms with Crippen LogP contribution in [0.2, 0.25) is 0 Å². The fourth-order valence-electron chi connectivity index (χ4n) is 3.47. The molecule has 0 heterocycles. The fraction of sp³-hybridized carbons (Fsp3) is 0.963. The molecule has 0 radical (unpaired) electrons. The van der Waals surface area contributed by atoms with Gasteiger partial charge in [-0.15, -0.1) is 0 Å². The molecule has 3 heteroatoms. The lowest BCUT2D eigenvalue weighted by Gasteiger charge is -2.20. The average molecular weight is 428 g/mol. The summed E-state index contributed by atoms with van der Waals surface area (Å²) < 4.78 is 0. The van der Waals surface area contributed by atoms with Crippen molar-refractivity contribution in [2.24, 2.45) is 5.41 Å². The molecule has 2 unspecified atom stereocenters. The summed E-state index contributed by atoms with van der Waals surface area (Å²) >= 11 is 0. The first-order chi connectivity index (χ1) is 14.1. The van der Waals surface area contributed by atoms with Gasteiger partial charge in [-0.3, -0.25) is 4.79 Å². The van der Waals surface area contributed by atoms with E-state index in [1.807, 2.05) is 0 Å². The molecule has 30 heavy (non-hydrogen) atoms. The van der Waals surface area contributed by atoms with Crippen LogP contribution in [-0.4, -0.2) is 23.2 Å². The largest absolute Gasteiger partial charge is 0.481 e. The van der Waals surface area contributed by atoms with E-state index < -0.39 is 11.4 Å². The van der Waals surface area contributed by atoms with E-state index in [-0.39, 0.29) is 0 Å². The molecule has 0 aromatic heterocycles. The van der Waals surface area contributed by atoms with Crippen LogP contribution in [0.15, 0.2) is 0 Å². The maximum atomic E-state index is 10.0. The number of hydrogen-bond acceptors (Lipinski definition) is 2. The van der Waals surface area contributed by atoms with Gasteiger partial charge in [0, 0.05) is 12.1 Å². The molecule has 0 saturated carbocycles. The zero-order chi connectivity index (χ0) is 23.3. The van der Waals surface area contributed by atoms with Crippen molar-refractivity contribution in [3.05, 3.63) is 0 Å². The van der Waals surface area contributed by atoms with Gasteiger partial charge in [0.15, 0.2) is 0 Å². The Morgan fingerprint density at radius 3 is 1.20 bits per heavy atom. The van der Waals surface area contributed by atoms with Crippen molar-refractivity contribution in [2.75, 3.05) is 0 Å². The molecule has 0 saturated heterocycles. The van der Waals surface area contributed by atoms with Gasteiger partial charge < -0.3 is 10.4 Å². The van der Waals surface area contributed by atoms with Crippen molar-refractivity contribution >= 4 is 5.97 Å². The molecule has 0 aromatic rings. The number of carboxylic acid groups (broad SMARTS) is 1. The third kappa shape index (κ3) is 25.5. The average Bonchev–Trinajstić information content (AvgIpc) is 2.66. The summed E-state index contributed by atoms with van der Waals surface area (Å²) in [5.41, 5.74) is -0.583. The highest BCUT2D eigenvalue weighted by atomic mass is 16.4. The van der Waals surface area contributed by atoms with E-state index in [1.54, 1.807) is 20.8 Å². The van der Waals surface area contributed by atoms with Gasteiger partial charge in [-0.1, -0.05) is 104 Å².